The molecular weight excluding hydrogens is 262 g/mol. The van der Waals surface area contributed by atoms with Crippen molar-refractivity contribution >= 4 is 12.4 Å². The van der Waals surface area contributed by atoms with Gasteiger partial charge in [0.25, 0.3) is 0 Å². The largest absolute Gasteiger partial charge is 0.508 e. The van der Waals surface area contributed by atoms with Crippen molar-refractivity contribution in [3.63, 3.8) is 0 Å². The first-order chi connectivity index (χ1) is 8.79. The number of rotatable bonds is 2. The van der Waals surface area contributed by atoms with Crippen molar-refractivity contribution in [3.05, 3.63) is 29.3 Å². The van der Waals surface area contributed by atoms with Crippen LogP contribution in [0.3, 0.4) is 0 Å². The van der Waals surface area contributed by atoms with Crippen molar-refractivity contribution in [3.8, 4) is 5.75 Å². The van der Waals surface area contributed by atoms with Crippen LogP contribution in [0.25, 0.3) is 0 Å². The lowest BCUT2D eigenvalue weighted by molar-refractivity contribution is -0.0801. The minimum absolute atomic E-state index is 0. The zero-order valence-corrected chi connectivity index (χ0v) is 12.2. The van der Waals surface area contributed by atoms with Gasteiger partial charge >= 0.3 is 0 Å². The number of benzene rings is 1. The number of hydrogen-bond donors (Lipinski definition) is 1. The van der Waals surface area contributed by atoms with Gasteiger partial charge in [0, 0.05) is 12.6 Å². The minimum Gasteiger partial charge on any atom is -0.508 e. The first-order valence-corrected chi connectivity index (χ1v) is 6.97. The van der Waals surface area contributed by atoms with Gasteiger partial charge in [-0.2, -0.15) is 0 Å². The molecule has 0 aromatic heterocycles. The Labute approximate surface area is 121 Å². The van der Waals surface area contributed by atoms with E-state index in [9.17, 15) is 5.11 Å². The van der Waals surface area contributed by atoms with Crippen LogP contribution in [0, 0.1) is 0 Å². The maximum atomic E-state index is 9.68. The summed E-state index contributed by atoms with van der Waals surface area (Å²) in [6.45, 7) is 5.23. The van der Waals surface area contributed by atoms with Gasteiger partial charge in [0.05, 0.1) is 12.7 Å². The van der Waals surface area contributed by atoms with Gasteiger partial charge in [0.15, 0.2) is 0 Å². The van der Waals surface area contributed by atoms with Crippen LogP contribution in [0.1, 0.15) is 37.0 Å². The third-order valence-corrected chi connectivity index (χ3v) is 4.15. The Hall–Kier alpha value is -0.770. The van der Waals surface area contributed by atoms with Crippen molar-refractivity contribution in [2.45, 2.75) is 38.3 Å². The Kier molecular flexibility index (Phi) is 4.71. The second-order valence-electron chi connectivity index (χ2n) is 5.32. The number of ether oxygens (including phenoxy) is 1. The lowest BCUT2D eigenvalue weighted by Gasteiger charge is -2.44. The first kappa shape index (κ1) is 14.6. The fourth-order valence-corrected chi connectivity index (χ4v) is 3.34. The van der Waals surface area contributed by atoms with Crippen LogP contribution in [0.15, 0.2) is 18.2 Å². The molecule has 0 bridgehead atoms. The number of phenolic OH excluding ortho intramolecular Hbond substituents is 1. The topological polar surface area (TPSA) is 32.7 Å². The average molecular weight is 284 g/mol. The molecule has 3 rings (SSSR count). The molecular formula is C15H22ClNO2. The van der Waals surface area contributed by atoms with Crippen molar-refractivity contribution in [2.75, 3.05) is 19.7 Å². The third-order valence-electron chi connectivity index (χ3n) is 4.15. The van der Waals surface area contributed by atoms with Crippen molar-refractivity contribution in [1.82, 2.24) is 4.90 Å². The van der Waals surface area contributed by atoms with E-state index in [0.29, 0.717) is 11.8 Å². The monoisotopic (exact) mass is 283 g/mol. The van der Waals surface area contributed by atoms with E-state index in [1.54, 1.807) is 6.07 Å². The van der Waals surface area contributed by atoms with Gasteiger partial charge in [-0.15, -0.1) is 12.4 Å². The molecule has 0 amide bonds. The number of morpholine rings is 1. The number of hydrogen-bond acceptors (Lipinski definition) is 3. The molecule has 0 radical (unpaired) electrons. The number of aromatic hydroxyl groups is 1. The molecule has 1 aromatic rings. The molecule has 2 aliphatic rings. The summed E-state index contributed by atoms with van der Waals surface area (Å²) in [6.07, 6.45) is 3.61. The van der Waals surface area contributed by atoms with Crippen LogP contribution >= 0.6 is 12.4 Å². The second-order valence-corrected chi connectivity index (χ2v) is 5.32. The lowest BCUT2D eigenvalue weighted by atomic mass is 9.84. The Balaban J connectivity index is 0.00000133. The van der Waals surface area contributed by atoms with E-state index in [0.717, 1.165) is 26.1 Å². The van der Waals surface area contributed by atoms with Gasteiger partial charge in [0.1, 0.15) is 5.75 Å². The van der Waals surface area contributed by atoms with Gasteiger partial charge in [0.2, 0.25) is 0 Å². The third kappa shape index (κ3) is 2.73. The fraction of sp³-hybridized carbons (Fsp3) is 0.600. The van der Waals surface area contributed by atoms with Gasteiger partial charge in [-0.05, 0) is 49.1 Å². The zero-order valence-electron chi connectivity index (χ0n) is 11.3. The van der Waals surface area contributed by atoms with Crippen molar-refractivity contribution in [2.24, 2.45) is 0 Å². The molecule has 1 heterocycles. The second kappa shape index (κ2) is 6.12. The van der Waals surface area contributed by atoms with Crippen LogP contribution in [-0.4, -0.2) is 35.7 Å². The summed E-state index contributed by atoms with van der Waals surface area (Å²) in [4.78, 5) is 2.56. The van der Waals surface area contributed by atoms with Crippen molar-refractivity contribution in [1.29, 1.82) is 0 Å². The molecule has 1 saturated heterocycles. The average Bonchev–Trinajstić information content (AvgIpc) is 2.39. The molecule has 19 heavy (non-hydrogen) atoms. The quantitative estimate of drug-likeness (QED) is 0.906. The Bertz CT molecular complexity index is 436. The van der Waals surface area contributed by atoms with E-state index in [1.165, 1.54) is 24.0 Å². The summed E-state index contributed by atoms with van der Waals surface area (Å²) < 4.78 is 5.99. The van der Waals surface area contributed by atoms with Crippen molar-refractivity contribution < 1.29 is 9.84 Å². The lowest BCUT2D eigenvalue weighted by Crippen LogP contribution is -2.49. The number of aryl methyl sites for hydroxylation is 1. The molecule has 1 fully saturated rings. The van der Waals surface area contributed by atoms with E-state index in [4.69, 9.17) is 4.74 Å². The summed E-state index contributed by atoms with van der Waals surface area (Å²) in [5.74, 6) is 0.352. The van der Waals surface area contributed by atoms with Crippen LogP contribution in [0.2, 0.25) is 0 Å². The molecule has 1 aromatic carbocycles. The van der Waals surface area contributed by atoms with E-state index in [1.807, 2.05) is 12.1 Å². The van der Waals surface area contributed by atoms with Gasteiger partial charge < -0.3 is 9.84 Å². The van der Waals surface area contributed by atoms with Crippen LogP contribution in [0.5, 0.6) is 5.75 Å². The Morgan fingerprint density at radius 3 is 3.05 bits per heavy atom. The highest BCUT2D eigenvalue weighted by molar-refractivity contribution is 5.85. The highest BCUT2D eigenvalue weighted by Gasteiger charge is 2.36. The molecule has 0 saturated carbocycles. The highest BCUT2D eigenvalue weighted by Crippen LogP contribution is 2.39. The van der Waals surface area contributed by atoms with Crippen LogP contribution in [0.4, 0.5) is 0 Å². The summed E-state index contributed by atoms with van der Waals surface area (Å²) in [6, 6.07) is 6.21. The Morgan fingerprint density at radius 1 is 1.42 bits per heavy atom. The molecule has 1 aliphatic carbocycles. The SMILES string of the molecule is CCCN1CCO[C@@H]2c3cc(O)ccc3CC[C@@H]21.Cl. The number of halogens is 1. The number of phenols is 1. The summed E-state index contributed by atoms with van der Waals surface area (Å²) in [5, 5.41) is 9.68. The maximum Gasteiger partial charge on any atom is 0.115 e. The smallest absolute Gasteiger partial charge is 0.115 e. The highest BCUT2D eigenvalue weighted by atomic mass is 35.5. The molecule has 106 valence electrons. The minimum atomic E-state index is 0. The predicted molar refractivity (Wildman–Crippen MR) is 78.0 cm³/mol. The number of fused-ring (bicyclic) bond motifs is 3. The van der Waals surface area contributed by atoms with Gasteiger partial charge in [-0.3, -0.25) is 4.90 Å². The fourth-order valence-electron chi connectivity index (χ4n) is 3.34. The summed E-state index contributed by atoms with van der Waals surface area (Å²) >= 11 is 0. The molecule has 1 N–H and O–H groups in total. The predicted octanol–water partition coefficient (Wildman–Crippen LogP) is 2.91. The molecule has 0 spiro atoms. The molecule has 2 atom stereocenters. The van der Waals surface area contributed by atoms with E-state index >= 15 is 0 Å². The molecule has 1 aliphatic heterocycles. The molecule has 4 heteroatoms. The van der Waals surface area contributed by atoms with E-state index in [-0.39, 0.29) is 18.5 Å². The normalized spacial score (nSPS) is 26.2. The Morgan fingerprint density at radius 2 is 2.26 bits per heavy atom. The zero-order chi connectivity index (χ0) is 12.5. The van der Waals surface area contributed by atoms with Crippen LogP contribution in [-0.2, 0) is 11.2 Å². The van der Waals surface area contributed by atoms with E-state index in [2.05, 4.69) is 11.8 Å². The summed E-state index contributed by atoms with van der Waals surface area (Å²) in [7, 11) is 0. The number of nitrogens with zero attached hydrogens (tertiary/aromatic N) is 1. The maximum absolute atomic E-state index is 9.68. The standard InChI is InChI=1S/C15H21NO2.ClH/c1-2-7-16-8-9-18-15-13-10-12(17)5-3-11(13)4-6-14(15)16;/h3,5,10,14-15,17H,2,4,6-9H2,1H3;1H/t14-,15+;/m0./s1. The first-order valence-electron chi connectivity index (χ1n) is 6.97. The van der Waals surface area contributed by atoms with Crippen LogP contribution < -0.4 is 0 Å². The van der Waals surface area contributed by atoms with E-state index < -0.39 is 0 Å². The van der Waals surface area contributed by atoms with Gasteiger partial charge in [-0.1, -0.05) is 13.0 Å². The molecule has 3 nitrogen and oxygen atoms in total. The van der Waals surface area contributed by atoms with Gasteiger partial charge in [-0.25, -0.2) is 0 Å². The summed E-state index contributed by atoms with van der Waals surface area (Å²) in [5.41, 5.74) is 2.54. The molecule has 0 unspecified atom stereocenters.